The van der Waals surface area contributed by atoms with Gasteiger partial charge in [0, 0.05) is 23.7 Å². The molecule has 26 heavy (non-hydrogen) atoms. The Morgan fingerprint density at radius 1 is 1.27 bits per heavy atom. The van der Waals surface area contributed by atoms with Crippen molar-refractivity contribution >= 4 is 23.6 Å². The van der Waals surface area contributed by atoms with Crippen LogP contribution in [-0.4, -0.2) is 44.0 Å². The van der Waals surface area contributed by atoms with E-state index < -0.39 is 18.1 Å². The highest BCUT2D eigenvalue weighted by atomic mass is 32.2. The molecule has 1 fully saturated rings. The minimum Gasteiger partial charge on any atom is -0.480 e. The van der Waals surface area contributed by atoms with Gasteiger partial charge in [-0.3, -0.25) is 4.79 Å². The van der Waals surface area contributed by atoms with E-state index in [2.05, 4.69) is 0 Å². The standard InChI is InChI=1S/C19H22N2O4S/c22-18-14-7-3-9-20(14)17(19(23)24)16(15-8-4-11-25-15)21(18)10-12-26-13-5-1-2-6-13/h3-4,7-9,11,13,16-17H,1-2,5-6,10,12H2,(H,23,24). The molecule has 6 nitrogen and oxygen atoms in total. The predicted molar refractivity (Wildman–Crippen MR) is 98.3 cm³/mol. The number of carboxylic acids is 1. The number of furan rings is 1. The van der Waals surface area contributed by atoms with Crippen LogP contribution in [0.3, 0.4) is 0 Å². The van der Waals surface area contributed by atoms with Crippen molar-refractivity contribution < 1.29 is 19.1 Å². The number of hydrogen-bond donors (Lipinski definition) is 1. The molecule has 0 aromatic carbocycles. The molecule has 0 radical (unpaired) electrons. The lowest BCUT2D eigenvalue weighted by Gasteiger charge is -2.39. The first kappa shape index (κ1) is 17.3. The maximum atomic E-state index is 13.0. The average Bonchev–Trinajstić information content (AvgIpc) is 3.38. The van der Waals surface area contributed by atoms with Gasteiger partial charge in [0.15, 0.2) is 6.04 Å². The van der Waals surface area contributed by atoms with Crippen molar-refractivity contribution in [1.82, 2.24) is 9.47 Å². The maximum absolute atomic E-state index is 13.0. The van der Waals surface area contributed by atoms with E-state index in [4.69, 9.17) is 4.42 Å². The first-order valence-corrected chi connectivity index (χ1v) is 10.1. The summed E-state index contributed by atoms with van der Waals surface area (Å²) < 4.78 is 7.08. The van der Waals surface area contributed by atoms with Gasteiger partial charge in [-0.1, -0.05) is 12.8 Å². The molecule has 138 valence electrons. The molecule has 0 saturated heterocycles. The number of carbonyl (C=O) groups excluding carboxylic acids is 1. The van der Waals surface area contributed by atoms with E-state index >= 15 is 0 Å². The van der Waals surface area contributed by atoms with E-state index in [-0.39, 0.29) is 5.91 Å². The van der Waals surface area contributed by atoms with Crippen molar-refractivity contribution in [3.8, 4) is 0 Å². The van der Waals surface area contributed by atoms with Crippen molar-refractivity contribution in [3.05, 3.63) is 48.2 Å². The van der Waals surface area contributed by atoms with Gasteiger partial charge in [-0.05, 0) is 37.1 Å². The minimum absolute atomic E-state index is 0.138. The third-order valence-electron chi connectivity index (χ3n) is 5.27. The number of rotatable bonds is 6. The second kappa shape index (κ2) is 7.23. The third-order valence-corrected chi connectivity index (χ3v) is 6.63. The molecule has 2 unspecified atom stereocenters. The van der Waals surface area contributed by atoms with Gasteiger partial charge in [-0.15, -0.1) is 0 Å². The van der Waals surface area contributed by atoms with Gasteiger partial charge in [0.25, 0.3) is 5.91 Å². The second-order valence-corrected chi connectivity index (χ2v) is 8.23. The molecule has 4 rings (SSSR count). The zero-order valence-corrected chi connectivity index (χ0v) is 15.2. The van der Waals surface area contributed by atoms with Gasteiger partial charge in [-0.25, -0.2) is 4.79 Å². The molecule has 7 heteroatoms. The molecule has 2 atom stereocenters. The summed E-state index contributed by atoms with van der Waals surface area (Å²) in [6.07, 6.45) is 8.22. The fourth-order valence-corrected chi connectivity index (χ4v) is 5.35. The Morgan fingerprint density at radius 3 is 2.77 bits per heavy atom. The molecule has 1 saturated carbocycles. The second-order valence-electron chi connectivity index (χ2n) is 6.82. The van der Waals surface area contributed by atoms with Gasteiger partial charge in [-0.2, -0.15) is 11.8 Å². The number of carbonyl (C=O) groups is 2. The summed E-state index contributed by atoms with van der Waals surface area (Å²) in [5.41, 5.74) is 0.422. The molecule has 2 aliphatic rings. The highest BCUT2D eigenvalue weighted by molar-refractivity contribution is 7.99. The SMILES string of the molecule is O=C(O)C1C(c2ccco2)N(CCSC2CCCC2)C(=O)c2cccn21. The first-order valence-electron chi connectivity index (χ1n) is 9.02. The van der Waals surface area contributed by atoms with E-state index in [0.717, 1.165) is 5.75 Å². The monoisotopic (exact) mass is 374 g/mol. The topological polar surface area (TPSA) is 75.7 Å². The highest BCUT2D eigenvalue weighted by Gasteiger charge is 2.45. The highest BCUT2D eigenvalue weighted by Crippen LogP contribution is 2.39. The Hall–Kier alpha value is -2.15. The summed E-state index contributed by atoms with van der Waals surface area (Å²) >= 11 is 1.89. The van der Waals surface area contributed by atoms with Gasteiger partial charge >= 0.3 is 5.97 Å². The fourth-order valence-electron chi connectivity index (χ4n) is 4.05. The molecule has 0 spiro atoms. The molecule has 1 amide bonds. The molecule has 1 aliphatic heterocycles. The average molecular weight is 374 g/mol. The van der Waals surface area contributed by atoms with E-state index in [1.54, 1.807) is 39.9 Å². The number of aliphatic carboxylic acids is 1. The van der Waals surface area contributed by atoms with Gasteiger partial charge in [0.05, 0.1) is 6.26 Å². The summed E-state index contributed by atoms with van der Waals surface area (Å²) in [5.74, 6) is 0.211. The minimum atomic E-state index is -0.968. The Balaban J connectivity index is 1.62. The molecule has 0 bridgehead atoms. The van der Waals surface area contributed by atoms with Crippen molar-refractivity contribution in [1.29, 1.82) is 0 Å². The number of carboxylic acid groups (broad SMARTS) is 1. The lowest BCUT2D eigenvalue weighted by Crippen LogP contribution is -2.48. The van der Waals surface area contributed by atoms with Gasteiger partial charge < -0.3 is 19.0 Å². The number of aromatic nitrogens is 1. The molecule has 1 aliphatic carbocycles. The third kappa shape index (κ3) is 3.05. The van der Waals surface area contributed by atoms with Crippen molar-refractivity contribution in [3.63, 3.8) is 0 Å². The quantitative estimate of drug-likeness (QED) is 0.836. The lowest BCUT2D eigenvalue weighted by atomic mass is 9.99. The summed E-state index contributed by atoms with van der Waals surface area (Å²) in [7, 11) is 0. The van der Waals surface area contributed by atoms with Crippen LogP contribution in [0, 0.1) is 0 Å². The molecule has 2 aromatic heterocycles. The van der Waals surface area contributed by atoms with Crippen LogP contribution in [0.4, 0.5) is 0 Å². The van der Waals surface area contributed by atoms with E-state index in [1.807, 2.05) is 11.8 Å². The van der Waals surface area contributed by atoms with Crippen molar-refractivity contribution in [2.75, 3.05) is 12.3 Å². The van der Waals surface area contributed by atoms with Crippen LogP contribution in [0.1, 0.15) is 54.0 Å². The number of amides is 1. The van der Waals surface area contributed by atoms with Crippen LogP contribution in [0.15, 0.2) is 41.1 Å². The summed E-state index contributed by atoms with van der Waals surface area (Å²) in [4.78, 5) is 26.8. The summed E-state index contributed by atoms with van der Waals surface area (Å²) in [6, 6.07) is 5.36. The summed E-state index contributed by atoms with van der Waals surface area (Å²) in [6.45, 7) is 0.514. The van der Waals surface area contributed by atoms with Crippen LogP contribution in [0.25, 0.3) is 0 Å². The van der Waals surface area contributed by atoms with Crippen LogP contribution < -0.4 is 0 Å². The summed E-state index contributed by atoms with van der Waals surface area (Å²) in [5, 5.41) is 10.5. The molecular weight excluding hydrogens is 352 g/mol. The Labute approximate surface area is 156 Å². The Morgan fingerprint density at radius 2 is 2.08 bits per heavy atom. The smallest absolute Gasteiger partial charge is 0.329 e. The largest absolute Gasteiger partial charge is 0.480 e. The molecule has 1 N–H and O–H groups in total. The van der Waals surface area contributed by atoms with Gasteiger partial charge in [0.2, 0.25) is 0 Å². The fraction of sp³-hybridized carbons (Fsp3) is 0.474. The lowest BCUT2D eigenvalue weighted by molar-refractivity contribution is -0.143. The number of nitrogens with zero attached hydrogens (tertiary/aromatic N) is 2. The van der Waals surface area contributed by atoms with Gasteiger partial charge in [0.1, 0.15) is 17.5 Å². The van der Waals surface area contributed by atoms with E-state index in [1.165, 1.54) is 31.9 Å². The Kier molecular flexibility index (Phi) is 4.80. The maximum Gasteiger partial charge on any atom is 0.329 e. The van der Waals surface area contributed by atoms with E-state index in [0.29, 0.717) is 23.2 Å². The van der Waals surface area contributed by atoms with Crippen LogP contribution >= 0.6 is 11.8 Å². The molecular formula is C19H22N2O4S. The van der Waals surface area contributed by atoms with E-state index in [9.17, 15) is 14.7 Å². The number of thioether (sulfide) groups is 1. The van der Waals surface area contributed by atoms with Crippen molar-refractivity contribution in [2.45, 2.75) is 43.0 Å². The zero-order valence-electron chi connectivity index (χ0n) is 14.4. The van der Waals surface area contributed by atoms with Crippen LogP contribution in [0.5, 0.6) is 0 Å². The van der Waals surface area contributed by atoms with Crippen LogP contribution in [-0.2, 0) is 4.79 Å². The van der Waals surface area contributed by atoms with Crippen molar-refractivity contribution in [2.24, 2.45) is 0 Å². The number of fused-ring (bicyclic) bond motifs is 1. The molecule has 3 heterocycles. The Bertz CT molecular complexity index is 779. The number of hydrogen-bond acceptors (Lipinski definition) is 4. The van der Waals surface area contributed by atoms with Crippen LogP contribution in [0.2, 0.25) is 0 Å². The molecule has 2 aromatic rings. The first-order chi connectivity index (χ1) is 12.7. The predicted octanol–water partition coefficient (Wildman–Crippen LogP) is 3.58. The zero-order chi connectivity index (χ0) is 18.1. The normalized spacial score (nSPS) is 23.4.